The van der Waals surface area contributed by atoms with Crippen LogP contribution in [0.2, 0.25) is 0 Å². The van der Waals surface area contributed by atoms with Gasteiger partial charge in [-0.15, -0.1) is 5.10 Å². The molecule has 0 spiro atoms. The number of ether oxygens (including phenoxy) is 1. The molecule has 29 heavy (non-hydrogen) atoms. The zero-order chi connectivity index (χ0) is 20.4. The number of fused-ring (bicyclic) bond motifs is 1. The SMILES string of the molecule is CCN1CCC1.COc1n[nH]c(C)c1-c1ccn2nc(NC(=O)C3CC3)cc2c1. The summed E-state index contributed by atoms with van der Waals surface area (Å²) in [6, 6.07) is 5.82. The number of anilines is 1. The number of H-pyrrole nitrogens is 1. The first kappa shape index (κ1) is 19.4. The number of hydrogen-bond donors (Lipinski definition) is 2. The molecule has 2 aliphatic rings. The molecule has 0 unspecified atom stereocenters. The third kappa shape index (κ3) is 4.27. The van der Waals surface area contributed by atoms with Crippen LogP contribution in [0.4, 0.5) is 5.82 Å². The minimum absolute atomic E-state index is 0.0565. The molecule has 8 nitrogen and oxygen atoms in total. The second kappa shape index (κ2) is 8.24. The van der Waals surface area contributed by atoms with Gasteiger partial charge in [-0.2, -0.15) is 5.10 Å². The van der Waals surface area contributed by atoms with E-state index in [1.54, 1.807) is 11.6 Å². The summed E-state index contributed by atoms with van der Waals surface area (Å²) in [5, 5.41) is 14.3. The van der Waals surface area contributed by atoms with Crippen molar-refractivity contribution in [1.29, 1.82) is 0 Å². The van der Waals surface area contributed by atoms with Crippen molar-refractivity contribution in [3.63, 3.8) is 0 Å². The minimum atomic E-state index is 0.0565. The van der Waals surface area contributed by atoms with Crippen molar-refractivity contribution in [3.8, 4) is 17.0 Å². The molecule has 5 rings (SSSR count). The van der Waals surface area contributed by atoms with E-state index in [9.17, 15) is 4.79 Å². The number of likely N-dealkylation sites (tertiary alicyclic amines) is 1. The van der Waals surface area contributed by atoms with E-state index < -0.39 is 0 Å². The number of rotatable bonds is 5. The van der Waals surface area contributed by atoms with Crippen molar-refractivity contribution in [1.82, 2.24) is 24.7 Å². The fourth-order valence-corrected chi connectivity index (χ4v) is 3.38. The molecule has 4 heterocycles. The molecule has 2 fully saturated rings. The Hall–Kier alpha value is -2.87. The van der Waals surface area contributed by atoms with Crippen LogP contribution in [0.1, 0.15) is 31.9 Å². The van der Waals surface area contributed by atoms with Crippen molar-refractivity contribution in [2.75, 3.05) is 32.1 Å². The summed E-state index contributed by atoms with van der Waals surface area (Å²) >= 11 is 0. The van der Waals surface area contributed by atoms with Crippen LogP contribution in [0.15, 0.2) is 24.4 Å². The molecule has 1 saturated heterocycles. The lowest BCUT2D eigenvalue weighted by atomic mass is 10.1. The van der Waals surface area contributed by atoms with Gasteiger partial charge in [-0.25, -0.2) is 4.52 Å². The van der Waals surface area contributed by atoms with Gasteiger partial charge in [0.15, 0.2) is 5.82 Å². The smallest absolute Gasteiger partial charge is 0.240 e. The molecule has 0 aromatic carbocycles. The van der Waals surface area contributed by atoms with Crippen molar-refractivity contribution in [3.05, 3.63) is 30.1 Å². The highest BCUT2D eigenvalue weighted by molar-refractivity contribution is 5.93. The first-order chi connectivity index (χ1) is 14.1. The van der Waals surface area contributed by atoms with Crippen LogP contribution in [-0.2, 0) is 4.79 Å². The van der Waals surface area contributed by atoms with Gasteiger partial charge in [-0.3, -0.25) is 9.89 Å². The fourth-order valence-electron chi connectivity index (χ4n) is 3.38. The van der Waals surface area contributed by atoms with Gasteiger partial charge in [0, 0.05) is 23.9 Å². The molecule has 2 N–H and O–H groups in total. The van der Waals surface area contributed by atoms with Crippen LogP contribution in [0.25, 0.3) is 16.6 Å². The highest BCUT2D eigenvalue weighted by Crippen LogP contribution is 2.32. The third-order valence-corrected chi connectivity index (χ3v) is 5.45. The van der Waals surface area contributed by atoms with Gasteiger partial charge in [0.05, 0.1) is 18.2 Å². The van der Waals surface area contributed by atoms with Crippen LogP contribution >= 0.6 is 0 Å². The predicted octanol–water partition coefficient (Wildman–Crippen LogP) is 3.10. The summed E-state index contributed by atoms with van der Waals surface area (Å²) < 4.78 is 7.05. The highest BCUT2D eigenvalue weighted by atomic mass is 16.5. The van der Waals surface area contributed by atoms with Crippen LogP contribution in [0.3, 0.4) is 0 Å². The molecule has 0 bridgehead atoms. The Kier molecular flexibility index (Phi) is 5.53. The summed E-state index contributed by atoms with van der Waals surface area (Å²) in [5.41, 5.74) is 3.75. The van der Waals surface area contributed by atoms with Gasteiger partial charge < -0.3 is 15.0 Å². The standard InChI is InChI=1S/C16H17N5O2.C5H11N/c1-9-14(16(23-2)19-18-9)11-5-6-21-12(7-11)8-13(20-21)17-15(22)10-3-4-10;1-2-6-4-3-5-6/h5-8,10H,3-4H2,1-2H3,(H,18,19)(H,17,20,22);2-5H2,1H3. The van der Waals surface area contributed by atoms with Gasteiger partial charge in [0.25, 0.3) is 0 Å². The van der Waals surface area contributed by atoms with E-state index in [4.69, 9.17) is 4.74 Å². The lowest BCUT2D eigenvalue weighted by molar-refractivity contribution is -0.117. The lowest BCUT2D eigenvalue weighted by Crippen LogP contribution is -2.36. The van der Waals surface area contributed by atoms with E-state index >= 15 is 0 Å². The molecule has 3 aromatic rings. The first-order valence-electron chi connectivity index (χ1n) is 10.2. The Bertz CT molecular complexity index is 997. The maximum atomic E-state index is 11.8. The molecular formula is C21H28N6O2. The minimum Gasteiger partial charge on any atom is -0.479 e. The van der Waals surface area contributed by atoms with E-state index in [1.165, 1.54) is 26.1 Å². The number of nitrogens with zero attached hydrogens (tertiary/aromatic N) is 4. The second-order valence-electron chi connectivity index (χ2n) is 7.60. The fraction of sp³-hybridized carbons (Fsp3) is 0.476. The van der Waals surface area contributed by atoms with Crippen LogP contribution in [0, 0.1) is 12.8 Å². The summed E-state index contributed by atoms with van der Waals surface area (Å²) in [6.07, 6.45) is 5.24. The zero-order valence-electron chi connectivity index (χ0n) is 17.2. The number of aryl methyl sites for hydroxylation is 1. The van der Waals surface area contributed by atoms with Crippen molar-refractivity contribution in [2.45, 2.75) is 33.1 Å². The molecule has 154 valence electrons. The van der Waals surface area contributed by atoms with Crippen molar-refractivity contribution in [2.24, 2.45) is 5.92 Å². The molecule has 1 saturated carbocycles. The van der Waals surface area contributed by atoms with Gasteiger partial charge >= 0.3 is 0 Å². The Balaban J connectivity index is 0.000000294. The maximum Gasteiger partial charge on any atom is 0.240 e. The number of aromatic amines is 1. The van der Waals surface area contributed by atoms with E-state index in [0.717, 1.165) is 35.2 Å². The van der Waals surface area contributed by atoms with Crippen LogP contribution < -0.4 is 10.1 Å². The van der Waals surface area contributed by atoms with Gasteiger partial charge in [-0.05, 0) is 63.5 Å². The van der Waals surface area contributed by atoms with Crippen molar-refractivity contribution >= 4 is 17.2 Å². The summed E-state index contributed by atoms with van der Waals surface area (Å²) in [5.74, 6) is 1.36. The monoisotopic (exact) mass is 396 g/mol. The number of hydrogen-bond acceptors (Lipinski definition) is 5. The Morgan fingerprint density at radius 3 is 2.72 bits per heavy atom. The number of carbonyl (C=O) groups is 1. The molecule has 1 aliphatic heterocycles. The van der Waals surface area contributed by atoms with Gasteiger partial charge in [-0.1, -0.05) is 6.92 Å². The summed E-state index contributed by atoms with van der Waals surface area (Å²) in [7, 11) is 1.60. The molecule has 0 atom stereocenters. The topological polar surface area (TPSA) is 87.6 Å². The zero-order valence-corrected chi connectivity index (χ0v) is 17.2. The molecule has 1 amide bonds. The molecular weight excluding hydrogens is 368 g/mol. The Labute approximate surface area is 170 Å². The summed E-state index contributed by atoms with van der Waals surface area (Å²) in [4.78, 5) is 14.3. The molecule has 8 heteroatoms. The third-order valence-electron chi connectivity index (χ3n) is 5.45. The predicted molar refractivity (Wildman–Crippen MR) is 112 cm³/mol. The van der Waals surface area contributed by atoms with E-state index in [1.807, 2.05) is 31.3 Å². The van der Waals surface area contributed by atoms with E-state index in [-0.39, 0.29) is 11.8 Å². The highest BCUT2D eigenvalue weighted by Gasteiger charge is 2.30. The number of amides is 1. The average molecular weight is 396 g/mol. The van der Waals surface area contributed by atoms with Crippen molar-refractivity contribution < 1.29 is 9.53 Å². The lowest BCUT2D eigenvalue weighted by Gasteiger charge is -2.28. The number of pyridine rings is 1. The maximum absolute atomic E-state index is 11.8. The van der Waals surface area contributed by atoms with E-state index in [2.05, 4.69) is 32.4 Å². The Morgan fingerprint density at radius 2 is 2.14 bits per heavy atom. The number of methoxy groups -OCH3 is 1. The van der Waals surface area contributed by atoms with Gasteiger partial charge in [0.1, 0.15) is 0 Å². The Morgan fingerprint density at radius 1 is 1.34 bits per heavy atom. The molecule has 0 radical (unpaired) electrons. The largest absolute Gasteiger partial charge is 0.479 e. The molecule has 3 aromatic heterocycles. The van der Waals surface area contributed by atoms with E-state index in [0.29, 0.717) is 11.7 Å². The second-order valence-corrected chi connectivity index (χ2v) is 7.60. The van der Waals surface area contributed by atoms with Gasteiger partial charge in [0.2, 0.25) is 11.8 Å². The summed E-state index contributed by atoms with van der Waals surface area (Å²) in [6.45, 7) is 8.10. The van der Waals surface area contributed by atoms with Crippen LogP contribution in [0.5, 0.6) is 5.88 Å². The normalized spacial score (nSPS) is 16.1. The average Bonchev–Trinajstić information content (AvgIpc) is 3.35. The quantitative estimate of drug-likeness (QED) is 0.692. The number of nitrogens with one attached hydrogen (secondary N) is 2. The van der Waals surface area contributed by atoms with Crippen LogP contribution in [-0.4, -0.2) is 57.4 Å². The number of aromatic nitrogens is 4. The number of carbonyl (C=O) groups excluding carboxylic acids is 1. The first-order valence-corrected chi connectivity index (χ1v) is 10.2. The molecule has 1 aliphatic carbocycles.